The number of halogens is 2. The molecule has 0 aliphatic rings. The molecule has 2 nitrogen and oxygen atoms in total. The fourth-order valence-corrected chi connectivity index (χ4v) is 1.69. The van der Waals surface area contributed by atoms with Gasteiger partial charge in [0, 0.05) is 24.0 Å². The van der Waals surface area contributed by atoms with Crippen molar-refractivity contribution >= 4 is 15.9 Å². The molecule has 1 rings (SSSR count). The third-order valence-corrected chi connectivity index (χ3v) is 2.63. The van der Waals surface area contributed by atoms with Gasteiger partial charge in [0.25, 0.3) is 0 Å². The van der Waals surface area contributed by atoms with Crippen molar-refractivity contribution in [3.05, 3.63) is 34.3 Å². The van der Waals surface area contributed by atoms with E-state index in [1.165, 1.54) is 0 Å². The van der Waals surface area contributed by atoms with Gasteiger partial charge in [-0.15, -0.1) is 0 Å². The molecule has 0 aliphatic carbocycles. The second-order valence-corrected chi connectivity index (χ2v) is 4.28. The summed E-state index contributed by atoms with van der Waals surface area (Å²) in [4.78, 5) is 0. The van der Waals surface area contributed by atoms with Gasteiger partial charge in [0.2, 0.25) is 0 Å². The first-order valence-corrected chi connectivity index (χ1v) is 5.22. The van der Waals surface area contributed by atoms with Crippen LogP contribution in [0.2, 0.25) is 0 Å². The quantitative estimate of drug-likeness (QED) is 0.865. The highest BCUT2D eigenvalue weighted by Crippen LogP contribution is 2.19. The smallest absolute Gasteiger partial charge is 0.139 e. The van der Waals surface area contributed by atoms with Crippen LogP contribution in [0, 0.1) is 0 Å². The van der Waals surface area contributed by atoms with Crippen molar-refractivity contribution in [2.24, 2.45) is 11.5 Å². The van der Waals surface area contributed by atoms with E-state index in [9.17, 15) is 4.39 Å². The van der Waals surface area contributed by atoms with Crippen LogP contribution in [-0.2, 0) is 6.42 Å². The lowest BCUT2D eigenvalue weighted by Crippen LogP contribution is -2.42. The van der Waals surface area contributed by atoms with Crippen molar-refractivity contribution in [2.45, 2.75) is 12.1 Å². The van der Waals surface area contributed by atoms with E-state index in [4.69, 9.17) is 11.5 Å². The Morgan fingerprint density at radius 3 is 2.43 bits per heavy atom. The zero-order chi connectivity index (χ0) is 10.6. The zero-order valence-electron chi connectivity index (χ0n) is 7.84. The Balaban J connectivity index is 2.77. The maximum atomic E-state index is 13.8. The number of rotatable bonds is 4. The predicted molar refractivity (Wildman–Crippen MR) is 59.8 cm³/mol. The first kappa shape index (κ1) is 11.6. The van der Waals surface area contributed by atoms with E-state index in [-0.39, 0.29) is 19.5 Å². The van der Waals surface area contributed by atoms with Gasteiger partial charge in [-0.3, -0.25) is 0 Å². The molecule has 0 saturated carbocycles. The maximum absolute atomic E-state index is 13.8. The average Bonchev–Trinajstić information content (AvgIpc) is 2.18. The Kier molecular flexibility index (Phi) is 4.04. The van der Waals surface area contributed by atoms with Gasteiger partial charge >= 0.3 is 0 Å². The van der Waals surface area contributed by atoms with Crippen LogP contribution >= 0.6 is 15.9 Å². The Hall–Kier alpha value is -0.450. The Morgan fingerprint density at radius 1 is 1.29 bits per heavy atom. The molecule has 1 aromatic rings. The summed E-state index contributed by atoms with van der Waals surface area (Å²) in [6, 6.07) is 7.51. The summed E-state index contributed by atoms with van der Waals surface area (Å²) < 4.78 is 14.7. The van der Waals surface area contributed by atoms with Crippen LogP contribution in [0.15, 0.2) is 28.7 Å². The second-order valence-electron chi connectivity index (χ2n) is 3.37. The first-order chi connectivity index (χ1) is 6.59. The van der Waals surface area contributed by atoms with E-state index in [1.807, 2.05) is 24.3 Å². The van der Waals surface area contributed by atoms with Gasteiger partial charge in [0.1, 0.15) is 5.67 Å². The van der Waals surface area contributed by atoms with Crippen LogP contribution < -0.4 is 11.5 Å². The maximum Gasteiger partial charge on any atom is 0.139 e. The Morgan fingerprint density at radius 2 is 1.93 bits per heavy atom. The topological polar surface area (TPSA) is 52.0 Å². The summed E-state index contributed by atoms with van der Waals surface area (Å²) in [5.41, 5.74) is 10.1. The summed E-state index contributed by atoms with van der Waals surface area (Å²) in [7, 11) is 0. The van der Waals surface area contributed by atoms with Gasteiger partial charge in [-0.2, -0.15) is 0 Å². The molecule has 0 bridgehead atoms. The monoisotopic (exact) mass is 260 g/mol. The number of benzene rings is 1. The number of hydrogen-bond donors (Lipinski definition) is 2. The van der Waals surface area contributed by atoms with Gasteiger partial charge in [-0.1, -0.05) is 28.1 Å². The van der Waals surface area contributed by atoms with Crippen molar-refractivity contribution in [1.29, 1.82) is 0 Å². The molecular weight excluding hydrogens is 247 g/mol. The molecule has 0 aliphatic heterocycles. The van der Waals surface area contributed by atoms with Gasteiger partial charge in [0.15, 0.2) is 0 Å². The highest BCUT2D eigenvalue weighted by molar-refractivity contribution is 9.10. The molecule has 0 heterocycles. The molecule has 0 radical (unpaired) electrons. The van der Waals surface area contributed by atoms with E-state index >= 15 is 0 Å². The molecule has 0 saturated heterocycles. The molecule has 14 heavy (non-hydrogen) atoms. The SMILES string of the molecule is NCC(F)(CN)Cc1cccc(Br)c1. The van der Waals surface area contributed by atoms with Crippen LogP contribution in [0.3, 0.4) is 0 Å². The summed E-state index contributed by atoms with van der Waals surface area (Å²) in [6.45, 7) is -0.0912. The van der Waals surface area contributed by atoms with Gasteiger partial charge < -0.3 is 11.5 Å². The highest BCUT2D eigenvalue weighted by Gasteiger charge is 2.26. The first-order valence-electron chi connectivity index (χ1n) is 4.43. The molecule has 0 spiro atoms. The molecule has 4 N–H and O–H groups in total. The van der Waals surface area contributed by atoms with Crippen molar-refractivity contribution in [3.63, 3.8) is 0 Å². The molecule has 78 valence electrons. The van der Waals surface area contributed by atoms with E-state index in [1.54, 1.807) is 0 Å². The van der Waals surface area contributed by atoms with E-state index in [0.29, 0.717) is 0 Å². The third kappa shape index (κ3) is 3.04. The fourth-order valence-electron chi connectivity index (χ4n) is 1.24. The minimum atomic E-state index is -1.49. The lowest BCUT2D eigenvalue weighted by atomic mass is 9.97. The molecule has 4 heteroatoms. The lowest BCUT2D eigenvalue weighted by molar-refractivity contribution is 0.184. The van der Waals surface area contributed by atoms with E-state index in [2.05, 4.69) is 15.9 Å². The van der Waals surface area contributed by atoms with Crippen molar-refractivity contribution in [3.8, 4) is 0 Å². The molecule has 0 aromatic heterocycles. The van der Waals surface area contributed by atoms with Gasteiger partial charge in [-0.05, 0) is 17.7 Å². The average molecular weight is 261 g/mol. The summed E-state index contributed by atoms with van der Waals surface area (Å²) in [5, 5.41) is 0. The minimum Gasteiger partial charge on any atom is -0.327 e. The molecule has 1 aromatic carbocycles. The van der Waals surface area contributed by atoms with Crippen molar-refractivity contribution in [1.82, 2.24) is 0 Å². The van der Waals surface area contributed by atoms with Gasteiger partial charge in [-0.25, -0.2) is 4.39 Å². The molecular formula is C10H14BrFN2. The summed E-state index contributed by atoms with van der Waals surface area (Å²) in [5.74, 6) is 0. The van der Waals surface area contributed by atoms with Crippen LogP contribution in [0.25, 0.3) is 0 Å². The second kappa shape index (κ2) is 4.87. The third-order valence-electron chi connectivity index (χ3n) is 2.14. The molecule has 0 fully saturated rings. The standard InChI is InChI=1S/C10H14BrFN2/c11-9-3-1-2-8(4-9)5-10(12,6-13)7-14/h1-4H,5-7,13-14H2. The van der Waals surface area contributed by atoms with Crippen LogP contribution in [0.1, 0.15) is 5.56 Å². The van der Waals surface area contributed by atoms with E-state index < -0.39 is 5.67 Å². The van der Waals surface area contributed by atoms with Gasteiger partial charge in [0.05, 0.1) is 0 Å². The predicted octanol–water partition coefficient (Wildman–Crippen LogP) is 1.62. The lowest BCUT2D eigenvalue weighted by Gasteiger charge is -2.21. The highest BCUT2D eigenvalue weighted by atomic mass is 79.9. The van der Waals surface area contributed by atoms with Crippen LogP contribution in [-0.4, -0.2) is 18.8 Å². The molecule has 0 unspecified atom stereocenters. The number of alkyl halides is 1. The summed E-state index contributed by atoms with van der Waals surface area (Å²) >= 11 is 3.33. The minimum absolute atomic E-state index is 0.0456. The normalized spacial score (nSPS) is 11.7. The zero-order valence-corrected chi connectivity index (χ0v) is 9.43. The molecule has 0 atom stereocenters. The Labute approximate surface area is 91.6 Å². The molecule has 0 amide bonds. The van der Waals surface area contributed by atoms with Crippen molar-refractivity contribution in [2.75, 3.05) is 13.1 Å². The number of nitrogens with two attached hydrogens (primary N) is 2. The van der Waals surface area contributed by atoms with Crippen LogP contribution in [0.4, 0.5) is 4.39 Å². The largest absolute Gasteiger partial charge is 0.327 e. The Bertz CT molecular complexity index is 300. The summed E-state index contributed by atoms with van der Waals surface area (Å²) in [6.07, 6.45) is 0.263. The fraction of sp³-hybridized carbons (Fsp3) is 0.400. The van der Waals surface area contributed by atoms with E-state index in [0.717, 1.165) is 10.0 Å². The van der Waals surface area contributed by atoms with Crippen molar-refractivity contribution < 1.29 is 4.39 Å². The van der Waals surface area contributed by atoms with Crippen LogP contribution in [0.5, 0.6) is 0 Å². The number of hydrogen-bond acceptors (Lipinski definition) is 2.